The molecular formula is C21H39N3O6. The summed E-state index contributed by atoms with van der Waals surface area (Å²) in [4.78, 5) is 38.9. The molecule has 0 aromatic heterocycles. The van der Waals surface area contributed by atoms with Crippen molar-refractivity contribution in [1.29, 1.82) is 0 Å². The van der Waals surface area contributed by atoms with Crippen molar-refractivity contribution in [3.63, 3.8) is 0 Å². The van der Waals surface area contributed by atoms with E-state index in [-0.39, 0.29) is 12.8 Å². The highest BCUT2D eigenvalue weighted by Gasteiger charge is 2.29. The van der Waals surface area contributed by atoms with E-state index in [1.807, 2.05) is 0 Å². The highest BCUT2D eigenvalue weighted by molar-refractivity contribution is 5.82. The van der Waals surface area contributed by atoms with Crippen molar-refractivity contribution in [2.45, 2.75) is 78.0 Å². The normalized spacial score (nSPS) is 16.5. The van der Waals surface area contributed by atoms with Gasteiger partial charge in [-0.1, -0.05) is 0 Å². The first-order chi connectivity index (χ1) is 13.9. The zero-order chi connectivity index (χ0) is 22.8. The Morgan fingerprint density at radius 3 is 2.17 bits per heavy atom. The number of alkyl carbamates (subject to hydrolysis) is 1. The van der Waals surface area contributed by atoms with Crippen LogP contribution in [0.25, 0.3) is 0 Å². The van der Waals surface area contributed by atoms with Crippen LogP contribution < -0.4 is 10.6 Å². The van der Waals surface area contributed by atoms with Crippen LogP contribution in [0, 0.1) is 0 Å². The number of nitrogens with zero attached hydrogens (tertiary/aromatic N) is 1. The van der Waals surface area contributed by atoms with Crippen LogP contribution in [0.5, 0.6) is 0 Å². The van der Waals surface area contributed by atoms with E-state index in [9.17, 15) is 14.4 Å². The molecule has 9 nitrogen and oxygen atoms in total. The smallest absolute Gasteiger partial charge is 0.408 e. The van der Waals surface area contributed by atoms with Crippen molar-refractivity contribution in [2.24, 2.45) is 0 Å². The van der Waals surface area contributed by atoms with Crippen molar-refractivity contribution in [3.05, 3.63) is 0 Å². The van der Waals surface area contributed by atoms with Gasteiger partial charge in [0.15, 0.2) is 0 Å². The number of ether oxygens (including phenoxy) is 3. The van der Waals surface area contributed by atoms with Crippen LogP contribution in [-0.4, -0.2) is 79.5 Å². The van der Waals surface area contributed by atoms with Gasteiger partial charge >= 0.3 is 18.0 Å². The molecule has 0 aliphatic carbocycles. The van der Waals surface area contributed by atoms with Gasteiger partial charge in [0.1, 0.15) is 17.2 Å². The minimum absolute atomic E-state index is 0.00661. The number of carbonyl (C=O) groups excluding carboxylic acids is 3. The zero-order valence-corrected chi connectivity index (χ0v) is 19.3. The molecule has 0 bridgehead atoms. The van der Waals surface area contributed by atoms with E-state index in [1.165, 1.54) is 0 Å². The number of amides is 1. The topological polar surface area (TPSA) is 106 Å². The van der Waals surface area contributed by atoms with Gasteiger partial charge < -0.3 is 29.7 Å². The number of esters is 2. The second-order valence-electron chi connectivity index (χ2n) is 9.44. The minimum Gasteiger partial charge on any atom is -0.466 e. The fourth-order valence-corrected chi connectivity index (χ4v) is 2.81. The predicted molar refractivity (Wildman–Crippen MR) is 113 cm³/mol. The molecule has 1 fully saturated rings. The number of hydrogen-bond donors (Lipinski definition) is 2. The van der Waals surface area contributed by atoms with Gasteiger partial charge in [0.25, 0.3) is 0 Å². The predicted octanol–water partition coefficient (Wildman–Crippen LogP) is 1.84. The molecule has 30 heavy (non-hydrogen) atoms. The van der Waals surface area contributed by atoms with Gasteiger partial charge in [-0.3, -0.25) is 4.79 Å². The van der Waals surface area contributed by atoms with E-state index < -0.39 is 35.3 Å². The maximum Gasteiger partial charge on any atom is 0.408 e. The lowest BCUT2D eigenvalue weighted by molar-refractivity contribution is -0.158. The molecular weight excluding hydrogens is 390 g/mol. The lowest BCUT2D eigenvalue weighted by Crippen LogP contribution is -2.46. The Morgan fingerprint density at radius 2 is 1.60 bits per heavy atom. The molecule has 1 amide bonds. The van der Waals surface area contributed by atoms with Gasteiger partial charge in [0.05, 0.1) is 6.61 Å². The van der Waals surface area contributed by atoms with E-state index in [2.05, 4.69) is 15.5 Å². The summed E-state index contributed by atoms with van der Waals surface area (Å²) >= 11 is 0. The summed E-state index contributed by atoms with van der Waals surface area (Å²) in [5, 5.41) is 5.80. The second kappa shape index (κ2) is 12.1. The third kappa shape index (κ3) is 12.6. The van der Waals surface area contributed by atoms with Gasteiger partial charge in [-0.25, -0.2) is 9.59 Å². The van der Waals surface area contributed by atoms with Gasteiger partial charge in [-0.15, -0.1) is 0 Å². The highest BCUT2D eigenvalue weighted by atomic mass is 16.6. The van der Waals surface area contributed by atoms with Gasteiger partial charge in [0.2, 0.25) is 0 Å². The van der Waals surface area contributed by atoms with E-state index in [1.54, 1.807) is 41.5 Å². The average molecular weight is 430 g/mol. The largest absolute Gasteiger partial charge is 0.466 e. The molecule has 1 aliphatic heterocycles. The molecule has 1 atom stereocenters. The van der Waals surface area contributed by atoms with Crippen LogP contribution in [0.15, 0.2) is 0 Å². The molecule has 1 rings (SSSR count). The second-order valence-corrected chi connectivity index (χ2v) is 9.44. The lowest BCUT2D eigenvalue weighted by Gasteiger charge is -2.27. The minimum atomic E-state index is -0.993. The molecule has 0 spiro atoms. The Kier molecular flexibility index (Phi) is 10.6. The van der Waals surface area contributed by atoms with Gasteiger partial charge in [-0.2, -0.15) is 0 Å². The lowest BCUT2D eigenvalue weighted by atomic mass is 10.1. The van der Waals surface area contributed by atoms with Crippen LogP contribution in [0.3, 0.4) is 0 Å². The average Bonchev–Trinajstić information content (AvgIpc) is 2.60. The standard InChI is InChI=1S/C21H39N3O6/c1-20(2,3)29-18(26)16(23-19(27)30-21(4,5)6)8-9-17(25)28-15-7-12-24-13-10-22-11-14-24/h16,22H,7-15H2,1-6H3,(H,23,27)/t16-/m0/s1. The molecule has 0 saturated carbocycles. The molecule has 2 N–H and O–H groups in total. The highest BCUT2D eigenvalue weighted by Crippen LogP contribution is 2.13. The molecule has 1 heterocycles. The van der Waals surface area contributed by atoms with E-state index in [4.69, 9.17) is 14.2 Å². The summed E-state index contributed by atoms with van der Waals surface area (Å²) in [5.41, 5.74) is -1.42. The summed E-state index contributed by atoms with van der Waals surface area (Å²) in [7, 11) is 0. The Balaban J connectivity index is 2.45. The maximum atomic E-state index is 12.5. The van der Waals surface area contributed by atoms with Crippen LogP contribution in [0.1, 0.15) is 60.8 Å². The Labute approximate surface area is 180 Å². The van der Waals surface area contributed by atoms with Gasteiger partial charge in [0, 0.05) is 39.1 Å². The Bertz CT molecular complexity index is 562. The number of rotatable bonds is 9. The summed E-state index contributed by atoms with van der Waals surface area (Å²) < 4.78 is 15.8. The SMILES string of the molecule is CC(C)(C)OC(=O)N[C@@H](CCC(=O)OCCCN1CCNCC1)C(=O)OC(C)(C)C. The number of hydrogen-bond acceptors (Lipinski definition) is 8. The molecule has 0 radical (unpaired) electrons. The molecule has 0 aromatic rings. The van der Waals surface area contributed by atoms with Gasteiger partial charge in [-0.05, 0) is 54.4 Å². The number of carbonyl (C=O) groups is 3. The van der Waals surface area contributed by atoms with Crippen molar-refractivity contribution >= 4 is 18.0 Å². The number of piperazine rings is 1. The number of nitrogens with one attached hydrogen (secondary N) is 2. The van der Waals surface area contributed by atoms with Crippen LogP contribution in [-0.2, 0) is 23.8 Å². The van der Waals surface area contributed by atoms with E-state index in [0.717, 1.165) is 39.1 Å². The Hall–Kier alpha value is -1.87. The molecule has 0 aromatic carbocycles. The summed E-state index contributed by atoms with van der Waals surface area (Å²) in [6.45, 7) is 15.6. The van der Waals surface area contributed by atoms with Crippen LogP contribution in [0.4, 0.5) is 4.79 Å². The first-order valence-corrected chi connectivity index (χ1v) is 10.7. The molecule has 9 heteroatoms. The molecule has 0 unspecified atom stereocenters. The summed E-state index contributed by atoms with van der Waals surface area (Å²) in [6.07, 6.45) is 0.0953. The van der Waals surface area contributed by atoms with E-state index >= 15 is 0 Å². The third-order valence-electron chi connectivity index (χ3n) is 4.11. The van der Waals surface area contributed by atoms with Crippen molar-refractivity contribution in [3.8, 4) is 0 Å². The Morgan fingerprint density at radius 1 is 1.00 bits per heavy atom. The van der Waals surface area contributed by atoms with Crippen molar-refractivity contribution in [1.82, 2.24) is 15.5 Å². The fourth-order valence-electron chi connectivity index (χ4n) is 2.81. The molecule has 1 saturated heterocycles. The quantitative estimate of drug-likeness (QED) is 0.325. The van der Waals surface area contributed by atoms with Crippen LogP contribution >= 0.6 is 0 Å². The van der Waals surface area contributed by atoms with Crippen LogP contribution in [0.2, 0.25) is 0 Å². The van der Waals surface area contributed by atoms with Crippen molar-refractivity contribution < 1.29 is 28.6 Å². The fraction of sp³-hybridized carbons (Fsp3) is 0.857. The van der Waals surface area contributed by atoms with E-state index in [0.29, 0.717) is 6.61 Å². The molecule has 1 aliphatic rings. The summed E-state index contributed by atoms with van der Waals surface area (Å²) in [6, 6.07) is -0.993. The monoisotopic (exact) mass is 429 g/mol. The maximum absolute atomic E-state index is 12.5. The zero-order valence-electron chi connectivity index (χ0n) is 19.3. The third-order valence-corrected chi connectivity index (χ3v) is 4.11. The van der Waals surface area contributed by atoms with Crippen molar-refractivity contribution in [2.75, 3.05) is 39.3 Å². The summed E-state index contributed by atoms with van der Waals surface area (Å²) in [5.74, 6) is -1.02. The first-order valence-electron chi connectivity index (χ1n) is 10.7. The first kappa shape index (κ1) is 26.2. The molecule has 174 valence electrons.